The number of aliphatic imine (C=N–C) groups is 1. The van der Waals surface area contributed by atoms with Crippen LogP contribution in [0.25, 0.3) is 28.3 Å². The molecule has 0 saturated carbocycles. The van der Waals surface area contributed by atoms with Crippen LogP contribution in [0.4, 0.5) is 0 Å². The Kier molecular flexibility index (Phi) is 15.8. The molecule has 4 atom stereocenters. The number of hydrogen-bond acceptors (Lipinski definition) is 4. The number of hydrogen-bond donors (Lipinski definition) is 0. The topological polar surface area (TPSA) is 51.0 Å². The van der Waals surface area contributed by atoms with E-state index in [0.29, 0.717) is 23.9 Å². The van der Waals surface area contributed by atoms with Gasteiger partial charge in [0.25, 0.3) is 0 Å². The maximum absolute atomic E-state index is 5.09. The number of rotatable bonds is 18. The zero-order chi connectivity index (χ0) is 38.9. The van der Waals surface area contributed by atoms with Crippen LogP contribution in [0.1, 0.15) is 57.0 Å². The highest BCUT2D eigenvalue weighted by Crippen LogP contribution is 2.38. The lowest BCUT2D eigenvalue weighted by molar-refractivity contribution is 0.670. The van der Waals surface area contributed by atoms with Crippen molar-refractivity contribution in [2.75, 3.05) is 0 Å². The van der Waals surface area contributed by atoms with Crippen LogP contribution in [0, 0.1) is 11.8 Å². The molecule has 4 unspecified atom stereocenters. The number of aromatic nitrogens is 3. The van der Waals surface area contributed by atoms with Gasteiger partial charge in [-0.1, -0.05) is 154 Å². The molecule has 0 amide bonds. The van der Waals surface area contributed by atoms with E-state index in [1.165, 1.54) is 0 Å². The Morgan fingerprint density at radius 3 is 2.13 bits per heavy atom. The summed E-state index contributed by atoms with van der Waals surface area (Å²) in [7, 11) is 0. The van der Waals surface area contributed by atoms with E-state index in [4.69, 9.17) is 19.9 Å². The minimum Gasteiger partial charge on any atom is -0.286 e. The molecule has 0 saturated heterocycles. The van der Waals surface area contributed by atoms with Crippen molar-refractivity contribution in [1.29, 1.82) is 0 Å². The van der Waals surface area contributed by atoms with Crippen LogP contribution in [0.15, 0.2) is 195 Å². The minimum absolute atomic E-state index is 0.0228. The van der Waals surface area contributed by atoms with Gasteiger partial charge in [-0.3, -0.25) is 4.99 Å². The minimum atomic E-state index is 0.0228. The van der Waals surface area contributed by atoms with E-state index in [1.807, 2.05) is 92.8 Å². The molecule has 0 aliphatic heterocycles. The summed E-state index contributed by atoms with van der Waals surface area (Å²) in [6.07, 6.45) is 33.9. The molecule has 1 heterocycles. The lowest BCUT2D eigenvalue weighted by Gasteiger charge is -2.25. The Bertz CT molecular complexity index is 2060. The summed E-state index contributed by atoms with van der Waals surface area (Å²) in [6.45, 7) is 28.3. The predicted octanol–water partition coefficient (Wildman–Crippen LogP) is 12.7. The van der Waals surface area contributed by atoms with Crippen LogP contribution >= 0.6 is 0 Å². The van der Waals surface area contributed by atoms with Gasteiger partial charge in [-0.15, -0.1) is 19.7 Å². The van der Waals surface area contributed by atoms with Crippen LogP contribution in [0.5, 0.6) is 0 Å². The smallest absolute Gasteiger partial charge is 0.163 e. The van der Waals surface area contributed by atoms with Gasteiger partial charge in [0.15, 0.2) is 11.6 Å². The van der Waals surface area contributed by atoms with E-state index in [9.17, 15) is 0 Å². The van der Waals surface area contributed by atoms with Crippen LogP contribution in [0.3, 0.4) is 0 Å². The molecule has 274 valence electrons. The Balaban J connectivity index is 1.95. The summed E-state index contributed by atoms with van der Waals surface area (Å²) >= 11 is 0. The molecule has 4 heteroatoms. The van der Waals surface area contributed by atoms with Gasteiger partial charge in [-0.25, -0.2) is 15.0 Å². The fourth-order valence-electron chi connectivity index (χ4n) is 6.29. The van der Waals surface area contributed by atoms with Gasteiger partial charge in [-0.2, -0.15) is 0 Å². The highest BCUT2D eigenvalue weighted by molar-refractivity contribution is 5.85. The standard InChI is InChI=1S/C50H54N4/c1-10-16-18-19-23-28-48-52-49(41-26-21-20-22-27-41)54-50(53-48)45-33-43(37(9)29-30-38(13-4)47(24-12-3)51-36(7)8)32-44(34-45)46-35-40(15-6)39(14-5)31-42(46)25-17-11-2/h10-23,25-27,29-35,37,39-40,47H,1-3,5-6,24,28H2,4,7-9H3/b18-16-,23-19-,25-17-,30-29-,38-13+. The Hall–Kier alpha value is -6.00. The lowest BCUT2D eigenvalue weighted by atomic mass is 9.79. The maximum atomic E-state index is 5.09. The quantitative estimate of drug-likeness (QED) is 0.0750. The van der Waals surface area contributed by atoms with Crippen molar-refractivity contribution < 1.29 is 0 Å². The van der Waals surface area contributed by atoms with Gasteiger partial charge in [0, 0.05) is 35.1 Å². The van der Waals surface area contributed by atoms with Crippen molar-refractivity contribution in [2.24, 2.45) is 16.8 Å². The van der Waals surface area contributed by atoms with Gasteiger partial charge >= 0.3 is 0 Å². The molecule has 0 bridgehead atoms. The number of nitrogens with zero attached hydrogens (tertiary/aromatic N) is 4. The molecule has 1 aliphatic rings. The van der Waals surface area contributed by atoms with E-state index < -0.39 is 0 Å². The first-order valence-corrected chi connectivity index (χ1v) is 18.6. The third-order valence-electron chi connectivity index (χ3n) is 9.10. The van der Waals surface area contributed by atoms with Crippen molar-refractivity contribution in [1.82, 2.24) is 15.0 Å². The molecule has 0 spiro atoms. The van der Waals surface area contributed by atoms with E-state index in [2.05, 4.69) is 101 Å². The first kappa shape index (κ1) is 40.8. The van der Waals surface area contributed by atoms with Crippen molar-refractivity contribution in [3.8, 4) is 22.8 Å². The van der Waals surface area contributed by atoms with Crippen molar-refractivity contribution in [3.05, 3.63) is 207 Å². The van der Waals surface area contributed by atoms with Gasteiger partial charge < -0.3 is 0 Å². The fourth-order valence-corrected chi connectivity index (χ4v) is 6.29. The third kappa shape index (κ3) is 11.2. The van der Waals surface area contributed by atoms with Crippen molar-refractivity contribution in [2.45, 2.75) is 52.5 Å². The summed E-state index contributed by atoms with van der Waals surface area (Å²) < 4.78 is 0. The van der Waals surface area contributed by atoms with E-state index in [1.54, 1.807) is 12.2 Å². The third-order valence-corrected chi connectivity index (χ3v) is 9.10. The monoisotopic (exact) mass is 710 g/mol. The molecule has 54 heavy (non-hydrogen) atoms. The van der Waals surface area contributed by atoms with Gasteiger partial charge in [0.05, 0.1) is 6.04 Å². The summed E-state index contributed by atoms with van der Waals surface area (Å²) in [5.41, 5.74) is 8.45. The molecule has 3 aromatic rings. The first-order valence-electron chi connectivity index (χ1n) is 18.6. The van der Waals surface area contributed by atoms with Crippen LogP contribution in [0.2, 0.25) is 0 Å². The second-order valence-corrected chi connectivity index (χ2v) is 13.3. The average Bonchev–Trinajstić information content (AvgIpc) is 3.19. The summed E-state index contributed by atoms with van der Waals surface area (Å²) in [4.78, 5) is 19.9. The molecule has 1 aliphatic carbocycles. The molecule has 1 aromatic heterocycles. The zero-order valence-electron chi connectivity index (χ0n) is 32.4. The first-order chi connectivity index (χ1) is 26.2. The number of benzene rings is 2. The second kappa shape index (κ2) is 20.9. The van der Waals surface area contributed by atoms with Gasteiger partial charge in [-0.05, 0) is 73.1 Å². The summed E-state index contributed by atoms with van der Waals surface area (Å²) in [6, 6.07) is 16.8. The van der Waals surface area contributed by atoms with Crippen LogP contribution in [-0.2, 0) is 6.42 Å². The second-order valence-electron chi connectivity index (χ2n) is 13.3. The van der Waals surface area contributed by atoms with Crippen molar-refractivity contribution in [3.63, 3.8) is 0 Å². The van der Waals surface area contributed by atoms with E-state index in [0.717, 1.165) is 51.1 Å². The van der Waals surface area contributed by atoms with Crippen LogP contribution < -0.4 is 0 Å². The zero-order valence-corrected chi connectivity index (χ0v) is 32.4. The van der Waals surface area contributed by atoms with Gasteiger partial charge in [0.2, 0.25) is 0 Å². The molecule has 0 radical (unpaired) electrons. The molecule has 0 N–H and O–H groups in total. The maximum Gasteiger partial charge on any atom is 0.163 e. The highest BCUT2D eigenvalue weighted by atomic mass is 15.0. The SMILES string of the molecule is C=C/C=C\C=C/Cc1nc(-c2ccccc2)nc(-c2cc(C3=CC(C=C)C(C=C)C=C3/C=C\C=C)cc(C(C)/C=C\C(=C/C)C(CC=C)N=C(C)C)c2)n1. The lowest BCUT2D eigenvalue weighted by Crippen LogP contribution is -2.12. The summed E-state index contributed by atoms with van der Waals surface area (Å²) in [5.74, 6) is 2.22. The predicted molar refractivity (Wildman–Crippen MR) is 234 cm³/mol. The Morgan fingerprint density at radius 2 is 1.48 bits per heavy atom. The number of allylic oxidation sites excluding steroid dienone is 16. The fraction of sp³-hybridized carbons (Fsp3) is 0.200. The molecule has 2 aromatic carbocycles. The normalized spacial score (nSPS) is 17.3. The Labute approximate surface area is 324 Å². The largest absolute Gasteiger partial charge is 0.286 e. The van der Waals surface area contributed by atoms with Crippen molar-refractivity contribution >= 4 is 11.3 Å². The van der Waals surface area contributed by atoms with Gasteiger partial charge in [0.1, 0.15) is 5.82 Å². The van der Waals surface area contributed by atoms with Crippen LogP contribution in [-0.4, -0.2) is 26.7 Å². The van der Waals surface area contributed by atoms with E-state index >= 15 is 0 Å². The molecule has 4 nitrogen and oxygen atoms in total. The molecular weight excluding hydrogens is 657 g/mol. The summed E-state index contributed by atoms with van der Waals surface area (Å²) in [5, 5.41) is 0. The molecule has 4 rings (SSSR count). The Morgan fingerprint density at radius 1 is 0.796 bits per heavy atom. The van der Waals surface area contributed by atoms with E-state index in [-0.39, 0.29) is 23.8 Å². The molecule has 0 fully saturated rings. The average molecular weight is 711 g/mol. The molecular formula is C50H54N4. The highest BCUT2D eigenvalue weighted by Gasteiger charge is 2.23.